The molecular weight excluding hydrogens is 657 g/mol. The molecule has 2 aromatic rings. The Kier molecular flexibility index (Phi) is 11.3. The molecule has 0 saturated carbocycles. The Bertz CT molecular complexity index is 1660. The van der Waals surface area contributed by atoms with E-state index in [2.05, 4.69) is 10.6 Å². The Morgan fingerprint density at radius 2 is 1.83 bits per heavy atom. The van der Waals surface area contributed by atoms with Crippen molar-refractivity contribution >= 4 is 37.4 Å². The van der Waals surface area contributed by atoms with Crippen LogP contribution in [-0.2, 0) is 24.7 Å². The first-order chi connectivity index (χ1) is 21.9. The molecule has 2 aromatic carbocycles. The topological polar surface area (TPSA) is 206 Å². The normalized spacial score (nSPS) is 30.5. The molecule has 47 heavy (non-hydrogen) atoms. The number of alkyl halides is 1. The van der Waals surface area contributed by atoms with Crippen molar-refractivity contribution in [3.05, 3.63) is 53.6 Å². The van der Waals surface area contributed by atoms with Crippen LogP contribution in [0.3, 0.4) is 0 Å². The van der Waals surface area contributed by atoms with Crippen LogP contribution in [-0.4, -0.2) is 105 Å². The summed E-state index contributed by atoms with van der Waals surface area (Å²) < 4.78 is 80.9. The summed E-state index contributed by atoms with van der Waals surface area (Å²) in [5.74, 6) is -2.36. The molecular formula is C31H43FN3O10S2-. The number of aliphatic hydroxyl groups is 3. The molecule has 13 nitrogen and oxygen atoms in total. The van der Waals surface area contributed by atoms with E-state index in [1.807, 2.05) is 32.8 Å². The van der Waals surface area contributed by atoms with Crippen molar-refractivity contribution in [3.8, 4) is 0 Å². The van der Waals surface area contributed by atoms with Crippen molar-refractivity contribution < 1.29 is 50.6 Å². The number of unbranched alkanes of at least 4 members (excludes halogenated alkanes) is 1. The first-order valence-electron chi connectivity index (χ1n) is 15.4. The zero-order valence-electron chi connectivity index (χ0n) is 26.7. The number of aliphatic hydroxyl groups excluding tert-OH is 3. The third kappa shape index (κ3) is 8.07. The second-order valence-electron chi connectivity index (χ2n) is 12.6. The first kappa shape index (κ1) is 37.0. The lowest BCUT2D eigenvalue weighted by molar-refractivity contribution is -0.202. The Morgan fingerprint density at radius 3 is 2.45 bits per heavy atom. The predicted octanol–water partition coefficient (Wildman–Crippen LogP) is 2.07. The van der Waals surface area contributed by atoms with E-state index in [1.54, 1.807) is 36.4 Å². The molecule has 1 fully saturated rings. The summed E-state index contributed by atoms with van der Waals surface area (Å²) in [6.45, 7) is 3.87. The molecule has 1 saturated heterocycles. The van der Waals surface area contributed by atoms with Crippen LogP contribution >= 0.6 is 0 Å². The van der Waals surface area contributed by atoms with Gasteiger partial charge in [0.05, 0.1) is 32.6 Å². The number of halogens is 1. The Morgan fingerprint density at radius 1 is 1.13 bits per heavy atom. The number of hydrogen-bond donors (Lipinski definition) is 5. The first-order valence-corrected chi connectivity index (χ1v) is 18.6. The van der Waals surface area contributed by atoms with Gasteiger partial charge >= 0.3 is 6.03 Å². The largest absolute Gasteiger partial charge is 0.748 e. The second kappa shape index (κ2) is 14.3. The lowest BCUT2D eigenvalue weighted by atomic mass is 9.69. The van der Waals surface area contributed by atoms with Crippen molar-refractivity contribution in [2.75, 3.05) is 35.8 Å². The number of nitrogens with zero attached hydrogens (tertiary/aromatic N) is 1. The Balaban J connectivity index is 1.69. The van der Waals surface area contributed by atoms with Crippen molar-refractivity contribution in [1.82, 2.24) is 5.32 Å². The van der Waals surface area contributed by atoms with E-state index in [4.69, 9.17) is 4.74 Å². The smallest absolute Gasteiger partial charge is 0.321 e. The van der Waals surface area contributed by atoms with Crippen LogP contribution in [0.15, 0.2) is 47.4 Å². The minimum atomic E-state index is -4.97. The summed E-state index contributed by atoms with van der Waals surface area (Å²) in [6.07, 6.45) is -8.93. The van der Waals surface area contributed by atoms with Crippen LogP contribution < -0.4 is 15.5 Å². The quantitative estimate of drug-likeness (QED) is 0.227. The van der Waals surface area contributed by atoms with Crippen molar-refractivity contribution in [2.24, 2.45) is 5.41 Å². The summed E-state index contributed by atoms with van der Waals surface area (Å²) in [6, 6.07) is 10.5. The number of urea groups is 1. The number of rotatable bonds is 10. The summed E-state index contributed by atoms with van der Waals surface area (Å²) in [5.41, 5.74) is 0.909. The third-order valence-corrected chi connectivity index (χ3v) is 11.9. The van der Waals surface area contributed by atoms with Crippen LogP contribution in [0.5, 0.6) is 0 Å². The van der Waals surface area contributed by atoms with E-state index in [1.165, 1.54) is 6.07 Å². The summed E-state index contributed by atoms with van der Waals surface area (Å²) in [7, 11) is -5.15. The maximum atomic E-state index is 14.4. The Hall–Kier alpha value is -2.86. The van der Waals surface area contributed by atoms with Gasteiger partial charge in [-0.05, 0) is 54.3 Å². The van der Waals surface area contributed by atoms with Gasteiger partial charge in [0.15, 0.2) is 22.2 Å². The highest BCUT2D eigenvalue weighted by Gasteiger charge is 2.49. The molecule has 0 bridgehead atoms. The molecule has 4 rings (SSSR count). The van der Waals surface area contributed by atoms with Gasteiger partial charge < -0.3 is 40.1 Å². The fraction of sp³-hybridized carbons (Fsp3) is 0.581. The van der Waals surface area contributed by atoms with E-state index in [0.717, 1.165) is 12.1 Å². The van der Waals surface area contributed by atoms with Crippen LogP contribution in [0.25, 0.3) is 0 Å². The number of benzene rings is 2. The molecule has 16 heteroatoms. The van der Waals surface area contributed by atoms with E-state index in [-0.39, 0.29) is 16.3 Å². The SMILES string of the molecule is CCCC[C@]1(CC)CS(=O)(=O)c2ccc(N(C)C)cc2[C@@H](c2cccc(NC(=O)N[C@@H]3O[C@H](CS(=O)(=O)[O-])[C@@H](F)[C@H](O)[C@H]3O)c2)[C@H]1O. The van der Waals surface area contributed by atoms with Gasteiger partial charge in [0.1, 0.15) is 18.3 Å². The predicted molar refractivity (Wildman–Crippen MR) is 172 cm³/mol. The Labute approximate surface area is 274 Å². The number of carbonyl (C=O) groups excluding carboxylic acids is 1. The number of ether oxygens (including phenoxy) is 1. The van der Waals surface area contributed by atoms with Crippen molar-refractivity contribution in [2.45, 2.75) is 87.2 Å². The second-order valence-corrected chi connectivity index (χ2v) is 16.0. The molecule has 0 aromatic heterocycles. The van der Waals surface area contributed by atoms with E-state index < -0.39 is 79.9 Å². The molecule has 5 N–H and O–H groups in total. The van der Waals surface area contributed by atoms with Crippen molar-refractivity contribution in [3.63, 3.8) is 0 Å². The van der Waals surface area contributed by atoms with Gasteiger partial charge in [0, 0.05) is 36.8 Å². The van der Waals surface area contributed by atoms with Gasteiger partial charge in [-0.1, -0.05) is 38.8 Å². The van der Waals surface area contributed by atoms with Crippen LogP contribution in [0, 0.1) is 5.41 Å². The lowest BCUT2D eigenvalue weighted by Crippen LogP contribution is -2.62. The van der Waals surface area contributed by atoms with Crippen molar-refractivity contribution in [1.29, 1.82) is 0 Å². The minimum absolute atomic E-state index is 0.123. The molecule has 0 unspecified atom stereocenters. The van der Waals surface area contributed by atoms with Crippen LogP contribution in [0.2, 0.25) is 0 Å². The number of hydrogen-bond acceptors (Lipinski definition) is 11. The standard InChI is InChI=1S/C31H44FN3O10S2/c1-5-7-13-31(6-2)17-46(40,41)23-12-11-20(35(3)4)15-21(23)24(28(31)38)18-9-8-10-19(14-18)33-30(39)34-29-27(37)26(36)25(32)22(45-29)16-47(42,43)44/h8-12,14-15,22,24-29,36-38H,5-7,13,16-17H2,1-4H3,(H2,33,34,39)(H,42,43,44)/p-1/t22-,24-,25-,26+,27-,28-,29-,31-/m1/s1. The third-order valence-electron chi connectivity index (χ3n) is 9.14. The molecule has 2 amide bonds. The number of anilines is 2. The van der Waals surface area contributed by atoms with Crippen LogP contribution in [0.4, 0.5) is 20.6 Å². The van der Waals surface area contributed by atoms with Gasteiger partial charge in [-0.15, -0.1) is 0 Å². The maximum Gasteiger partial charge on any atom is 0.321 e. The zero-order valence-corrected chi connectivity index (χ0v) is 28.3. The highest BCUT2D eigenvalue weighted by Crippen LogP contribution is 2.49. The van der Waals surface area contributed by atoms with Gasteiger partial charge in [0.2, 0.25) is 0 Å². The average Bonchev–Trinajstić information content (AvgIpc) is 3.06. The van der Waals surface area contributed by atoms with Gasteiger partial charge in [-0.3, -0.25) is 0 Å². The summed E-state index contributed by atoms with van der Waals surface area (Å²) >= 11 is 0. The molecule has 0 aliphatic carbocycles. The van der Waals surface area contributed by atoms with E-state index in [0.29, 0.717) is 30.4 Å². The summed E-state index contributed by atoms with van der Waals surface area (Å²) in [4.78, 5) is 14.9. The van der Waals surface area contributed by atoms with Gasteiger partial charge in [0.25, 0.3) is 0 Å². The van der Waals surface area contributed by atoms with E-state index >= 15 is 0 Å². The fourth-order valence-electron chi connectivity index (χ4n) is 6.49. The van der Waals surface area contributed by atoms with Gasteiger partial charge in [-0.2, -0.15) is 0 Å². The highest BCUT2D eigenvalue weighted by atomic mass is 32.2. The minimum Gasteiger partial charge on any atom is -0.748 e. The van der Waals surface area contributed by atoms with Crippen LogP contribution in [0.1, 0.15) is 56.6 Å². The number of fused-ring (bicyclic) bond motifs is 1. The zero-order chi connectivity index (χ0) is 34.9. The highest BCUT2D eigenvalue weighted by molar-refractivity contribution is 7.91. The molecule has 0 spiro atoms. The number of sulfone groups is 1. The number of carbonyl (C=O) groups is 1. The monoisotopic (exact) mass is 700 g/mol. The average molecular weight is 701 g/mol. The molecule has 2 aliphatic heterocycles. The molecule has 2 heterocycles. The lowest BCUT2D eigenvalue weighted by Gasteiger charge is -2.40. The number of nitrogens with one attached hydrogen (secondary N) is 2. The molecule has 262 valence electrons. The maximum absolute atomic E-state index is 14.4. The molecule has 8 atom stereocenters. The molecule has 2 aliphatic rings. The van der Waals surface area contributed by atoms with E-state index in [9.17, 15) is 45.9 Å². The fourth-order valence-corrected chi connectivity index (χ4v) is 9.41. The van der Waals surface area contributed by atoms with Gasteiger partial charge in [-0.25, -0.2) is 26.0 Å². The molecule has 0 radical (unpaired) electrons. The number of amides is 2. The summed E-state index contributed by atoms with van der Waals surface area (Å²) in [5, 5.41) is 37.3.